The Kier molecular flexibility index (Phi) is 4.67. The highest BCUT2D eigenvalue weighted by Gasteiger charge is 2.57. The van der Waals surface area contributed by atoms with Gasteiger partial charge in [0.05, 0.1) is 12.2 Å². The third kappa shape index (κ3) is 2.66. The van der Waals surface area contributed by atoms with E-state index in [0.717, 1.165) is 31.1 Å². The van der Waals surface area contributed by atoms with Crippen LogP contribution in [0, 0.1) is 28.6 Å². The molecule has 3 saturated carbocycles. The van der Waals surface area contributed by atoms with Gasteiger partial charge in [0.15, 0.2) is 0 Å². The first-order chi connectivity index (χ1) is 12.4. The molecule has 0 aromatic heterocycles. The Morgan fingerprint density at radius 3 is 2.73 bits per heavy atom. The van der Waals surface area contributed by atoms with E-state index in [0.29, 0.717) is 30.0 Å². The summed E-state index contributed by atoms with van der Waals surface area (Å²) in [6, 6.07) is 0. The second-order valence-corrected chi connectivity index (χ2v) is 10.1. The van der Waals surface area contributed by atoms with E-state index >= 15 is 0 Å². The van der Waals surface area contributed by atoms with Gasteiger partial charge in [-0.05, 0) is 93.8 Å². The standard InChI is InChI=1S/C24H38O2/c1-5-17-8-10-20-19-9-7-18-15-24(25,16-26-6-2)14-13-23(18,4)21(19)11-12-22(17,20)3/h5,11,18-20,25H,6-10,12-16H2,1-4H3/b17-5-/t18-,19-,20-,22+,23-,24+/m0/s1. The van der Waals surface area contributed by atoms with Crippen molar-refractivity contribution in [1.82, 2.24) is 0 Å². The van der Waals surface area contributed by atoms with E-state index in [1.165, 1.54) is 32.1 Å². The van der Waals surface area contributed by atoms with E-state index in [1.54, 1.807) is 11.1 Å². The maximum Gasteiger partial charge on any atom is 0.0883 e. The first-order valence-corrected chi connectivity index (χ1v) is 11.0. The molecular formula is C24H38O2. The Morgan fingerprint density at radius 2 is 2.00 bits per heavy atom. The summed E-state index contributed by atoms with van der Waals surface area (Å²) in [4.78, 5) is 0. The number of hydrogen-bond acceptors (Lipinski definition) is 2. The van der Waals surface area contributed by atoms with E-state index in [2.05, 4.69) is 32.9 Å². The van der Waals surface area contributed by atoms with Crippen LogP contribution in [0.15, 0.2) is 23.3 Å². The third-order valence-electron chi connectivity index (χ3n) is 8.95. The zero-order valence-corrected chi connectivity index (χ0v) is 17.3. The first-order valence-electron chi connectivity index (χ1n) is 11.0. The van der Waals surface area contributed by atoms with Crippen molar-refractivity contribution in [3.8, 4) is 0 Å². The van der Waals surface area contributed by atoms with E-state index in [9.17, 15) is 5.11 Å². The highest BCUT2D eigenvalue weighted by molar-refractivity contribution is 5.34. The lowest BCUT2D eigenvalue weighted by Crippen LogP contribution is -2.52. The molecular weight excluding hydrogens is 320 g/mol. The van der Waals surface area contributed by atoms with Crippen LogP contribution < -0.4 is 0 Å². The lowest BCUT2D eigenvalue weighted by Gasteiger charge is -2.58. The minimum Gasteiger partial charge on any atom is -0.387 e. The maximum absolute atomic E-state index is 11.1. The first kappa shape index (κ1) is 18.7. The average molecular weight is 359 g/mol. The predicted molar refractivity (Wildman–Crippen MR) is 107 cm³/mol. The van der Waals surface area contributed by atoms with Crippen LogP contribution in [-0.2, 0) is 4.74 Å². The molecule has 146 valence electrons. The van der Waals surface area contributed by atoms with Crippen molar-refractivity contribution >= 4 is 0 Å². The van der Waals surface area contributed by atoms with Gasteiger partial charge in [-0.25, -0.2) is 0 Å². The second-order valence-electron chi connectivity index (χ2n) is 10.1. The Morgan fingerprint density at radius 1 is 1.19 bits per heavy atom. The zero-order chi connectivity index (χ0) is 18.6. The van der Waals surface area contributed by atoms with Crippen LogP contribution in [-0.4, -0.2) is 23.9 Å². The number of ether oxygens (including phenoxy) is 1. The molecule has 2 heteroatoms. The smallest absolute Gasteiger partial charge is 0.0883 e. The van der Waals surface area contributed by atoms with Crippen molar-refractivity contribution in [2.75, 3.05) is 13.2 Å². The Hall–Kier alpha value is -0.600. The van der Waals surface area contributed by atoms with E-state index in [-0.39, 0.29) is 0 Å². The molecule has 4 rings (SSSR count). The van der Waals surface area contributed by atoms with Gasteiger partial charge in [0.2, 0.25) is 0 Å². The van der Waals surface area contributed by atoms with Crippen LogP contribution in [0.1, 0.15) is 79.1 Å². The third-order valence-corrected chi connectivity index (χ3v) is 8.95. The van der Waals surface area contributed by atoms with Crippen molar-refractivity contribution in [2.24, 2.45) is 28.6 Å². The topological polar surface area (TPSA) is 29.5 Å². The SMILES string of the molecule is C/C=C1/CC[C@H]2[C@@H]3CC[C@H]4C[C@@](O)(COCC)CC[C@]4(C)C3=CC[C@]12C. The minimum absolute atomic E-state index is 0.307. The zero-order valence-electron chi connectivity index (χ0n) is 17.3. The summed E-state index contributed by atoms with van der Waals surface area (Å²) in [5.74, 6) is 2.25. The van der Waals surface area contributed by atoms with Gasteiger partial charge < -0.3 is 9.84 Å². The Bertz CT molecular complexity index is 620. The molecule has 1 N–H and O–H groups in total. The van der Waals surface area contributed by atoms with Crippen LogP contribution in [0.5, 0.6) is 0 Å². The fourth-order valence-corrected chi connectivity index (χ4v) is 7.35. The number of aliphatic hydroxyl groups is 1. The summed E-state index contributed by atoms with van der Waals surface area (Å²) in [5, 5.41) is 11.1. The molecule has 0 saturated heterocycles. The van der Waals surface area contributed by atoms with Crippen LogP contribution in [0.25, 0.3) is 0 Å². The van der Waals surface area contributed by atoms with Crippen molar-refractivity contribution in [1.29, 1.82) is 0 Å². The Balaban J connectivity index is 1.60. The van der Waals surface area contributed by atoms with Crippen LogP contribution >= 0.6 is 0 Å². The molecule has 0 spiro atoms. The summed E-state index contributed by atoms with van der Waals surface area (Å²) >= 11 is 0. The van der Waals surface area contributed by atoms with Crippen molar-refractivity contribution < 1.29 is 9.84 Å². The van der Waals surface area contributed by atoms with Crippen molar-refractivity contribution in [3.63, 3.8) is 0 Å². The molecule has 26 heavy (non-hydrogen) atoms. The summed E-state index contributed by atoms with van der Waals surface area (Å²) in [5.41, 5.74) is 3.60. The van der Waals surface area contributed by atoms with Gasteiger partial charge in [-0.3, -0.25) is 0 Å². The summed E-state index contributed by atoms with van der Waals surface area (Å²) in [6.45, 7) is 10.5. The van der Waals surface area contributed by atoms with Crippen LogP contribution in [0.2, 0.25) is 0 Å². The molecule has 2 nitrogen and oxygen atoms in total. The molecule has 0 aliphatic heterocycles. The van der Waals surface area contributed by atoms with Crippen LogP contribution in [0.4, 0.5) is 0 Å². The summed E-state index contributed by atoms with van der Waals surface area (Å²) in [6.07, 6.45) is 14.5. The van der Waals surface area contributed by atoms with Gasteiger partial charge in [0, 0.05) is 6.61 Å². The monoisotopic (exact) mass is 358 g/mol. The van der Waals surface area contributed by atoms with E-state index in [4.69, 9.17) is 4.74 Å². The summed E-state index contributed by atoms with van der Waals surface area (Å²) < 4.78 is 5.62. The van der Waals surface area contributed by atoms with Gasteiger partial charge in [-0.1, -0.05) is 37.1 Å². The highest BCUT2D eigenvalue weighted by atomic mass is 16.5. The maximum atomic E-state index is 11.1. The van der Waals surface area contributed by atoms with Gasteiger partial charge >= 0.3 is 0 Å². The molecule has 0 aromatic carbocycles. The molecule has 4 aliphatic carbocycles. The quantitative estimate of drug-likeness (QED) is 0.659. The lowest BCUT2D eigenvalue weighted by molar-refractivity contribution is -0.112. The summed E-state index contributed by atoms with van der Waals surface area (Å²) in [7, 11) is 0. The molecule has 6 atom stereocenters. The van der Waals surface area contributed by atoms with Crippen molar-refractivity contribution in [3.05, 3.63) is 23.3 Å². The normalized spacial score (nSPS) is 49.3. The lowest BCUT2D eigenvalue weighted by atomic mass is 9.48. The minimum atomic E-state index is -0.595. The largest absolute Gasteiger partial charge is 0.387 e. The molecule has 0 amide bonds. The van der Waals surface area contributed by atoms with Gasteiger partial charge in [0.1, 0.15) is 0 Å². The van der Waals surface area contributed by atoms with E-state index < -0.39 is 5.60 Å². The number of hydrogen-bond donors (Lipinski definition) is 1. The van der Waals surface area contributed by atoms with Gasteiger partial charge in [-0.2, -0.15) is 0 Å². The molecule has 0 heterocycles. The predicted octanol–water partition coefficient (Wildman–Crippen LogP) is 5.66. The second kappa shape index (κ2) is 6.48. The van der Waals surface area contributed by atoms with Crippen LogP contribution in [0.3, 0.4) is 0 Å². The van der Waals surface area contributed by atoms with Gasteiger partial charge in [0.25, 0.3) is 0 Å². The molecule has 0 unspecified atom stereocenters. The molecule has 0 radical (unpaired) electrons. The fraction of sp³-hybridized carbons (Fsp3) is 0.833. The Labute approximate surface area is 160 Å². The number of rotatable bonds is 3. The fourth-order valence-electron chi connectivity index (χ4n) is 7.35. The van der Waals surface area contributed by atoms with E-state index in [1.807, 2.05) is 6.92 Å². The average Bonchev–Trinajstić information content (AvgIpc) is 2.97. The molecule has 0 aromatic rings. The highest BCUT2D eigenvalue weighted by Crippen LogP contribution is 2.65. The molecule has 0 bridgehead atoms. The molecule has 3 fully saturated rings. The van der Waals surface area contributed by atoms with Crippen molar-refractivity contribution in [2.45, 2.75) is 84.7 Å². The molecule has 4 aliphatic rings. The number of fused-ring (bicyclic) bond motifs is 5. The van der Waals surface area contributed by atoms with Gasteiger partial charge in [-0.15, -0.1) is 0 Å². The number of allylic oxidation sites excluding steroid dienone is 4.